The summed E-state index contributed by atoms with van der Waals surface area (Å²) >= 11 is 6.36. The van der Waals surface area contributed by atoms with Gasteiger partial charge in [0.1, 0.15) is 24.1 Å². The summed E-state index contributed by atoms with van der Waals surface area (Å²) in [7, 11) is 1.27. The molecule has 0 bridgehead atoms. The molecular formula is C22H25ClF3NO7. The number of esters is 1. The Kier molecular flexibility index (Phi) is 6.64. The van der Waals surface area contributed by atoms with Crippen molar-refractivity contribution < 1.29 is 47.0 Å². The van der Waals surface area contributed by atoms with Crippen LogP contribution in [0.5, 0.6) is 5.75 Å². The molecule has 12 heteroatoms. The minimum absolute atomic E-state index is 0.0234. The first-order chi connectivity index (χ1) is 15.8. The van der Waals surface area contributed by atoms with Crippen molar-refractivity contribution in [3.63, 3.8) is 0 Å². The molecule has 0 amide bonds. The molecule has 2 fully saturated rings. The van der Waals surface area contributed by atoms with Crippen LogP contribution in [0.1, 0.15) is 31.9 Å². The lowest BCUT2D eigenvalue weighted by atomic mass is 9.85. The first kappa shape index (κ1) is 25.2. The molecule has 3 aliphatic heterocycles. The predicted molar refractivity (Wildman–Crippen MR) is 112 cm³/mol. The number of carbonyl (C=O) groups excluding carboxylic acids is 1. The molecule has 0 aliphatic carbocycles. The Hall–Kier alpha value is -1.89. The molecule has 3 aliphatic rings. The molecule has 3 unspecified atom stereocenters. The highest BCUT2D eigenvalue weighted by molar-refractivity contribution is 6.31. The molecule has 3 heterocycles. The molecule has 2 saturated heterocycles. The largest absolute Gasteiger partial charge is 0.475 e. The quantitative estimate of drug-likeness (QED) is 0.488. The van der Waals surface area contributed by atoms with Crippen molar-refractivity contribution in [1.29, 1.82) is 0 Å². The standard InChI is InChI=1S/C22H25ClF3NO7/c1-21(2,3)12-7-14-10(6-13(12)23)5-11(19(32-14)22(24,25)26)20(28)33-15-8-30-18-16(34-27(4)29)9-31-17(15)18/h5-7,15-19,29H,8-9H2,1-4H3/t15-,16+,17?,18?,19?/m0/s1. The lowest BCUT2D eigenvalue weighted by molar-refractivity contribution is -0.351. The predicted octanol–water partition coefficient (Wildman–Crippen LogP) is 3.67. The van der Waals surface area contributed by atoms with Gasteiger partial charge in [0.05, 0.1) is 18.8 Å². The molecule has 1 aromatic carbocycles. The molecule has 5 atom stereocenters. The second-order valence-corrected chi connectivity index (χ2v) is 9.81. The molecule has 0 radical (unpaired) electrons. The van der Waals surface area contributed by atoms with Gasteiger partial charge in [-0.2, -0.15) is 13.2 Å². The fourth-order valence-corrected chi connectivity index (χ4v) is 4.68. The first-order valence-corrected chi connectivity index (χ1v) is 11.0. The van der Waals surface area contributed by atoms with Gasteiger partial charge in [-0.15, -0.1) is 0 Å². The third kappa shape index (κ3) is 4.91. The Balaban J connectivity index is 1.58. The lowest BCUT2D eigenvalue weighted by Crippen LogP contribution is -2.43. The van der Waals surface area contributed by atoms with Crippen molar-refractivity contribution >= 4 is 23.6 Å². The van der Waals surface area contributed by atoms with Gasteiger partial charge in [0.2, 0.25) is 6.10 Å². The first-order valence-electron chi connectivity index (χ1n) is 10.6. The number of rotatable bonds is 4. The Bertz CT molecular complexity index is 992. The molecule has 34 heavy (non-hydrogen) atoms. The SMILES string of the molecule is CN(O)O[C@@H]1COC2C1OC[C@@H]2OC(=O)C1=Cc2cc(Cl)c(C(C)(C)C)cc2OC1C(F)(F)F. The summed E-state index contributed by atoms with van der Waals surface area (Å²) in [6.07, 6.45) is -9.31. The minimum atomic E-state index is -4.87. The van der Waals surface area contributed by atoms with Gasteiger partial charge >= 0.3 is 12.1 Å². The molecular weight excluding hydrogens is 483 g/mol. The zero-order valence-electron chi connectivity index (χ0n) is 18.9. The van der Waals surface area contributed by atoms with Crippen LogP contribution in [0.3, 0.4) is 0 Å². The number of benzene rings is 1. The fourth-order valence-electron chi connectivity index (χ4n) is 4.22. The normalized spacial score (nSPS) is 28.9. The van der Waals surface area contributed by atoms with E-state index in [-0.39, 0.29) is 24.5 Å². The van der Waals surface area contributed by atoms with Gasteiger partial charge in [0.25, 0.3) is 0 Å². The van der Waals surface area contributed by atoms with Gasteiger partial charge in [-0.1, -0.05) is 37.6 Å². The Morgan fingerprint density at radius 2 is 1.76 bits per heavy atom. The lowest BCUT2D eigenvalue weighted by Gasteiger charge is -2.30. The number of alkyl halides is 3. The smallest absolute Gasteiger partial charge is 0.430 e. The van der Waals surface area contributed by atoms with Crippen molar-refractivity contribution in [2.24, 2.45) is 0 Å². The molecule has 1 aromatic rings. The number of halogens is 4. The van der Waals surface area contributed by atoms with Crippen molar-refractivity contribution in [2.45, 2.75) is 62.9 Å². The zero-order valence-corrected chi connectivity index (χ0v) is 19.6. The summed E-state index contributed by atoms with van der Waals surface area (Å²) < 4.78 is 63.3. The highest BCUT2D eigenvalue weighted by Crippen LogP contribution is 2.42. The maximum Gasteiger partial charge on any atom is 0.430 e. The van der Waals surface area contributed by atoms with E-state index in [0.717, 1.165) is 6.08 Å². The van der Waals surface area contributed by atoms with E-state index >= 15 is 0 Å². The molecule has 0 spiro atoms. The molecule has 4 rings (SSSR count). The molecule has 8 nitrogen and oxygen atoms in total. The molecule has 0 aromatic heterocycles. The number of fused-ring (bicyclic) bond motifs is 2. The van der Waals surface area contributed by atoms with Crippen LogP contribution < -0.4 is 4.74 Å². The summed E-state index contributed by atoms with van der Waals surface area (Å²) in [5.41, 5.74) is -0.281. The number of hydrogen-bond acceptors (Lipinski definition) is 8. The summed E-state index contributed by atoms with van der Waals surface area (Å²) in [5.74, 6) is -1.23. The van der Waals surface area contributed by atoms with Crippen LogP contribution in [0.15, 0.2) is 17.7 Å². The minimum Gasteiger partial charge on any atom is -0.475 e. The van der Waals surface area contributed by atoms with Crippen LogP contribution >= 0.6 is 11.6 Å². The van der Waals surface area contributed by atoms with Gasteiger partial charge in [-0.25, -0.2) is 4.79 Å². The monoisotopic (exact) mass is 507 g/mol. The van der Waals surface area contributed by atoms with Gasteiger partial charge in [0.15, 0.2) is 6.10 Å². The van der Waals surface area contributed by atoms with E-state index < -0.39 is 53.7 Å². The van der Waals surface area contributed by atoms with Gasteiger partial charge in [0, 0.05) is 17.6 Å². The van der Waals surface area contributed by atoms with Crippen LogP contribution in [0.2, 0.25) is 5.02 Å². The van der Waals surface area contributed by atoms with Crippen LogP contribution in [-0.2, 0) is 29.3 Å². The average Bonchev–Trinajstić information content (AvgIpc) is 3.28. The third-order valence-electron chi connectivity index (χ3n) is 5.79. The number of carbonyl (C=O) groups is 1. The highest BCUT2D eigenvalue weighted by Gasteiger charge is 2.53. The fraction of sp³-hybridized carbons (Fsp3) is 0.591. The molecule has 0 saturated carbocycles. The topological polar surface area (TPSA) is 86.7 Å². The van der Waals surface area contributed by atoms with Crippen molar-refractivity contribution in [3.8, 4) is 5.75 Å². The second-order valence-electron chi connectivity index (χ2n) is 9.41. The molecule has 1 N–H and O–H groups in total. The molecule has 188 valence electrons. The Morgan fingerprint density at radius 3 is 2.35 bits per heavy atom. The number of ether oxygens (including phenoxy) is 4. The van der Waals surface area contributed by atoms with E-state index in [1.807, 2.05) is 20.8 Å². The van der Waals surface area contributed by atoms with Gasteiger partial charge in [-0.05, 0) is 29.2 Å². The highest BCUT2D eigenvalue weighted by atomic mass is 35.5. The van der Waals surface area contributed by atoms with Crippen LogP contribution in [0.25, 0.3) is 6.08 Å². The van der Waals surface area contributed by atoms with E-state index in [1.54, 1.807) is 0 Å². The van der Waals surface area contributed by atoms with E-state index in [2.05, 4.69) is 0 Å². The summed E-state index contributed by atoms with van der Waals surface area (Å²) in [5, 5.41) is 10.1. The second kappa shape index (κ2) is 8.96. The summed E-state index contributed by atoms with van der Waals surface area (Å²) in [4.78, 5) is 18.0. The maximum atomic E-state index is 13.9. The number of nitrogens with zero attached hydrogens (tertiary/aromatic N) is 1. The van der Waals surface area contributed by atoms with Crippen molar-refractivity contribution in [3.05, 3.63) is 33.9 Å². The zero-order chi connectivity index (χ0) is 25.0. The number of hydrogen-bond donors (Lipinski definition) is 1. The van der Waals surface area contributed by atoms with Crippen LogP contribution in [-0.4, -0.2) is 73.4 Å². The Labute approximate surface area is 199 Å². The van der Waals surface area contributed by atoms with Crippen molar-refractivity contribution in [2.75, 3.05) is 20.3 Å². The number of hydroxylamine groups is 2. The maximum absolute atomic E-state index is 13.9. The third-order valence-corrected chi connectivity index (χ3v) is 6.10. The van der Waals surface area contributed by atoms with E-state index in [4.69, 9.17) is 35.4 Å². The van der Waals surface area contributed by atoms with Crippen LogP contribution in [0, 0.1) is 0 Å². The van der Waals surface area contributed by atoms with Gasteiger partial charge < -0.3 is 18.9 Å². The van der Waals surface area contributed by atoms with E-state index in [9.17, 15) is 23.2 Å². The Morgan fingerprint density at radius 1 is 1.15 bits per heavy atom. The van der Waals surface area contributed by atoms with Crippen LogP contribution in [0.4, 0.5) is 13.2 Å². The average molecular weight is 508 g/mol. The van der Waals surface area contributed by atoms with E-state index in [0.29, 0.717) is 15.8 Å². The van der Waals surface area contributed by atoms with Crippen molar-refractivity contribution in [1.82, 2.24) is 5.23 Å². The van der Waals surface area contributed by atoms with Gasteiger partial charge in [-0.3, -0.25) is 10.0 Å². The summed E-state index contributed by atoms with van der Waals surface area (Å²) in [6, 6.07) is 2.94. The van der Waals surface area contributed by atoms with E-state index in [1.165, 1.54) is 19.2 Å². The summed E-state index contributed by atoms with van der Waals surface area (Å²) in [6.45, 7) is 5.57.